The van der Waals surface area contributed by atoms with Crippen molar-refractivity contribution in [2.45, 2.75) is 6.42 Å². The van der Waals surface area contributed by atoms with Gasteiger partial charge in [0.05, 0.1) is 11.0 Å². The Hall–Kier alpha value is -5.86. The Bertz CT molecular complexity index is 2330. The summed E-state index contributed by atoms with van der Waals surface area (Å²) in [7, 11) is 1.93. The fourth-order valence-corrected chi connectivity index (χ4v) is 6.67. The number of benzene rings is 7. The number of para-hydroxylation sites is 1. The van der Waals surface area contributed by atoms with Crippen LogP contribution in [-0.4, -0.2) is 11.6 Å². The maximum absolute atomic E-state index is 3.07. The summed E-state index contributed by atoms with van der Waals surface area (Å²) in [6, 6.07) is 57.5. The van der Waals surface area contributed by atoms with E-state index < -0.39 is 0 Å². The van der Waals surface area contributed by atoms with Crippen molar-refractivity contribution >= 4 is 32.6 Å². The molecule has 0 aliphatic rings. The molecule has 7 aromatic carbocycles. The van der Waals surface area contributed by atoms with Crippen LogP contribution in [0.25, 0.3) is 71.6 Å². The second-order valence-corrected chi connectivity index (χ2v) is 11.8. The van der Waals surface area contributed by atoms with Gasteiger partial charge in [0.25, 0.3) is 0 Å². The van der Waals surface area contributed by atoms with E-state index in [1.165, 1.54) is 77.2 Å². The summed E-state index contributed by atoms with van der Waals surface area (Å²) in [6.07, 6.45) is 5.04. The monoisotopic (exact) mass is 590 g/mol. The molecule has 2 nitrogen and oxygen atoms in total. The predicted molar refractivity (Wildman–Crippen MR) is 196 cm³/mol. The molecule has 0 unspecified atom stereocenters. The summed E-state index contributed by atoms with van der Waals surface area (Å²) in [4.78, 5) is 0. The molecule has 0 fully saturated rings. The number of nitrogens with one attached hydrogen (secondary N) is 1. The molecule has 2 heteroatoms. The summed E-state index contributed by atoms with van der Waals surface area (Å²) in [6.45, 7) is 0. The molecule has 8 rings (SSSR count). The van der Waals surface area contributed by atoms with Gasteiger partial charge in [-0.05, 0) is 81.2 Å². The minimum absolute atomic E-state index is 0.913. The zero-order chi connectivity index (χ0) is 30.9. The van der Waals surface area contributed by atoms with Crippen LogP contribution in [0.4, 0.5) is 0 Å². The Balaban J connectivity index is 1.25. The van der Waals surface area contributed by atoms with Gasteiger partial charge in [-0.25, -0.2) is 0 Å². The number of hydrogen-bond acceptors (Lipinski definition) is 1. The molecule has 0 spiro atoms. The normalized spacial score (nSPS) is 11.6. The van der Waals surface area contributed by atoms with E-state index in [0.717, 1.165) is 6.42 Å². The highest BCUT2D eigenvalue weighted by Gasteiger charge is 2.16. The molecule has 220 valence electrons. The SMILES string of the molecule is CN/C=C\Cc1ccc(-c2ccc3c4ccc5cc(-c6ccc(-c7ccccc7)cc6)ccc5c4n(-c4ccccc4)c3c2)cc1. The van der Waals surface area contributed by atoms with E-state index in [1.807, 2.05) is 13.2 Å². The first-order valence-corrected chi connectivity index (χ1v) is 15.9. The van der Waals surface area contributed by atoms with E-state index in [9.17, 15) is 0 Å². The van der Waals surface area contributed by atoms with E-state index in [4.69, 9.17) is 0 Å². The molecule has 1 aromatic heterocycles. The first-order valence-electron chi connectivity index (χ1n) is 15.9. The van der Waals surface area contributed by atoms with Crippen molar-refractivity contribution in [3.63, 3.8) is 0 Å². The molecule has 0 aliphatic heterocycles. The van der Waals surface area contributed by atoms with Crippen molar-refractivity contribution in [1.82, 2.24) is 9.88 Å². The van der Waals surface area contributed by atoms with Crippen molar-refractivity contribution < 1.29 is 0 Å². The topological polar surface area (TPSA) is 17.0 Å². The third-order valence-corrected chi connectivity index (χ3v) is 9.01. The van der Waals surface area contributed by atoms with E-state index in [1.54, 1.807) is 0 Å². The minimum Gasteiger partial charge on any atom is -0.394 e. The highest BCUT2D eigenvalue weighted by Crippen LogP contribution is 2.39. The lowest BCUT2D eigenvalue weighted by atomic mass is 9.97. The van der Waals surface area contributed by atoms with Crippen molar-refractivity contribution in [2.24, 2.45) is 0 Å². The van der Waals surface area contributed by atoms with E-state index in [0.29, 0.717) is 0 Å². The van der Waals surface area contributed by atoms with Gasteiger partial charge in [-0.2, -0.15) is 0 Å². The lowest BCUT2D eigenvalue weighted by molar-refractivity contribution is 1.08. The average Bonchev–Trinajstić information content (AvgIpc) is 3.47. The molecule has 46 heavy (non-hydrogen) atoms. The number of fused-ring (bicyclic) bond motifs is 5. The van der Waals surface area contributed by atoms with Crippen LogP contribution in [-0.2, 0) is 6.42 Å². The number of nitrogens with zero attached hydrogens (tertiary/aromatic N) is 1. The van der Waals surface area contributed by atoms with Crippen LogP contribution in [0.2, 0.25) is 0 Å². The zero-order valence-electron chi connectivity index (χ0n) is 25.8. The highest BCUT2D eigenvalue weighted by molar-refractivity contribution is 6.19. The van der Waals surface area contributed by atoms with Crippen LogP contribution >= 0.6 is 0 Å². The third kappa shape index (κ3) is 5.04. The van der Waals surface area contributed by atoms with E-state index in [2.05, 4.69) is 174 Å². The van der Waals surface area contributed by atoms with Crippen molar-refractivity contribution in [3.8, 4) is 39.1 Å². The van der Waals surface area contributed by atoms with Crippen molar-refractivity contribution in [1.29, 1.82) is 0 Å². The van der Waals surface area contributed by atoms with Crippen LogP contribution in [0, 0.1) is 0 Å². The van der Waals surface area contributed by atoms with Crippen molar-refractivity contribution in [2.75, 3.05) is 7.05 Å². The largest absolute Gasteiger partial charge is 0.394 e. The molecule has 1 N–H and O–H groups in total. The van der Waals surface area contributed by atoms with Crippen LogP contribution in [0.5, 0.6) is 0 Å². The van der Waals surface area contributed by atoms with E-state index in [-0.39, 0.29) is 0 Å². The summed E-state index contributed by atoms with van der Waals surface area (Å²) in [5, 5.41) is 8.09. The molecule has 8 aromatic rings. The third-order valence-electron chi connectivity index (χ3n) is 9.01. The Morgan fingerprint density at radius 1 is 0.500 bits per heavy atom. The Kier molecular flexibility index (Phi) is 7.16. The summed E-state index contributed by atoms with van der Waals surface area (Å²) in [5.74, 6) is 0. The highest BCUT2D eigenvalue weighted by atomic mass is 15.0. The predicted octanol–water partition coefficient (Wildman–Crippen LogP) is 11.2. The maximum Gasteiger partial charge on any atom is 0.0619 e. The first kappa shape index (κ1) is 27.7. The van der Waals surface area contributed by atoms with Crippen LogP contribution < -0.4 is 5.32 Å². The molecule has 0 saturated carbocycles. The molecule has 0 aliphatic carbocycles. The molecular weight excluding hydrogens is 556 g/mol. The van der Waals surface area contributed by atoms with Gasteiger partial charge >= 0.3 is 0 Å². The van der Waals surface area contributed by atoms with Gasteiger partial charge in [0.1, 0.15) is 0 Å². The fourth-order valence-electron chi connectivity index (χ4n) is 6.67. The summed E-state index contributed by atoms with van der Waals surface area (Å²) < 4.78 is 2.45. The fraction of sp³-hybridized carbons (Fsp3) is 0.0455. The van der Waals surface area contributed by atoms with Gasteiger partial charge < -0.3 is 9.88 Å². The quantitative estimate of drug-likeness (QED) is 0.195. The number of aromatic nitrogens is 1. The number of allylic oxidation sites excluding steroid dienone is 1. The molecule has 0 radical (unpaired) electrons. The van der Waals surface area contributed by atoms with Gasteiger partial charge in [-0.15, -0.1) is 0 Å². The zero-order valence-corrected chi connectivity index (χ0v) is 25.8. The second kappa shape index (κ2) is 11.9. The average molecular weight is 591 g/mol. The smallest absolute Gasteiger partial charge is 0.0619 e. The molecule has 0 saturated heterocycles. The maximum atomic E-state index is 3.07. The molecule has 1 heterocycles. The Morgan fingerprint density at radius 2 is 1.04 bits per heavy atom. The van der Waals surface area contributed by atoms with Gasteiger partial charge in [-0.1, -0.05) is 140 Å². The van der Waals surface area contributed by atoms with Gasteiger partial charge in [0, 0.05) is 28.9 Å². The Labute approximate surface area is 269 Å². The van der Waals surface area contributed by atoms with Crippen LogP contribution in [0.3, 0.4) is 0 Å². The van der Waals surface area contributed by atoms with Gasteiger partial charge in [0.2, 0.25) is 0 Å². The summed E-state index contributed by atoms with van der Waals surface area (Å²) >= 11 is 0. The van der Waals surface area contributed by atoms with Gasteiger partial charge in [-0.3, -0.25) is 0 Å². The van der Waals surface area contributed by atoms with Gasteiger partial charge in [0.15, 0.2) is 0 Å². The second-order valence-electron chi connectivity index (χ2n) is 11.8. The molecule has 0 bridgehead atoms. The summed E-state index contributed by atoms with van der Waals surface area (Å²) in [5.41, 5.74) is 12.3. The Morgan fingerprint density at radius 3 is 1.74 bits per heavy atom. The lowest BCUT2D eigenvalue weighted by Gasteiger charge is -2.12. The number of hydrogen-bond donors (Lipinski definition) is 1. The van der Waals surface area contributed by atoms with E-state index >= 15 is 0 Å². The van der Waals surface area contributed by atoms with Crippen molar-refractivity contribution in [3.05, 3.63) is 176 Å². The molecule has 0 amide bonds. The molecular formula is C44H34N2. The lowest BCUT2D eigenvalue weighted by Crippen LogP contribution is -1.94. The van der Waals surface area contributed by atoms with Crippen LogP contribution in [0.15, 0.2) is 170 Å². The first-order chi connectivity index (χ1) is 22.8. The molecule has 0 atom stereocenters. The standard InChI is InChI=1S/C44H34N2/c1-45-28-8-9-31-14-16-34(17-15-31)37-23-26-41-42-27-24-38-29-36(35-20-18-33(19-21-35)32-10-4-2-5-11-32)22-25-40(38)44(42)46(43(41)30-37)39-12-6-3-7-13-39/h2-8,10-30,45H,9H2,1H3/b28-8-. The minimum atomic E-state index is 0.913. The van der Waals surface area contributed by atoms with Crippen LogP contribution in [0.1, 0.15) is 5.56 Å². The number of rotatable bonds is 7.